The maximum absolute atomic E-state index is 13.2. The van der Waals surface area contributed by atoms with Gasteiger partial charge in [-0.05, 0) is 40.3 Å². The second kappa shape index (κ2) is 10.4. The fourth-order valence-corrected chi connectivity index (χ4v) is 6.88. The molecule has 0 aromatic carbocycles. The molecule has 2 aromatic heterocycles. The van der Waals surface area contributed by atoms with Gasteiger partial charge in [-0.2, -0.15) is 0 Å². The average molecular weight is 489 g/mol. The highest BCUT2D eigenvalue weighted by Gasteiger charge is 2.41. The molecule has 2 rings (SSSR count). The molecule has 0 saturated heterocycles. The van der Waals surface area contributed by atoms with Gasteiger partial charge in [-0.15, -0.1) is 11.3 Å². The number of hydrogen-bond acceptors (Lipinski definition) is 8. The summed E-state index contributed by atoms with van der Waals surface area (Å²) in [6, 6.07) is 5.53. The van der Waals surface area contributed by atoms with E-state index in [4.69, 9.17) is 15.5 Å². The molecule has 0 saturated carbocycles. The van der Waals surface area contributed by atoms with Crippen molar-refractivity contribution in [2.45, 2.75) is 12.3 Å². The SMILES string of the molecule is CN(CCC(=O)c1csc(C(OP(=O)(N(C)C)N(C)C)P(N)(N)=O)n1)c1ccccn1. The van der Waals surface area contributed by atoms with E-state index in [2.05, 4.69) is 9.97 Å². The van der Waals surface area contributed by atoms with Gasteiger partial charge < -0.3 is 4.90 Å². The van der Waals surface area contributed by atoms with Crippen LogP contribution in [0.15, 0.2) is 29.8 Å². The van der Waals surface area contributed by atoms with Gasteiger partial charge in [0.25, 0.3) is 0 Å². The zero-order valence-electron chi connectivity index (χ0n) is 18.2. The average Bonchev–Trinajstić information content (AvgIpc) is 3.19. The summed E-state index contributed by atoms with van der Waals surface area (Å²) in [5, 5.41) is 1.67. The third-order valence-corrected chi connectivity index (χ3v) is 9.17. The van der Waals surface area contributed by atoms with Crippen molar-refractivity contribution in [3.63, 3.8) is 0 Å². The van der Waals surface area contributed by atoms with Gasteiger partial charge in [0, 0.05) is 31.6 Å². The second-order valence-corrected chi connectivity index (χ2v) is 12.9. The van der Waals surface area contributed by atoms with Crippen LogP contribution in [0, 0.1) is 0 Å². The molecule has 0 aliphatic heterocycles. The molecule has 14 heteroatoms. The molecule has 0 radical (unpaired) electrons. The zero-order valence-corrected chi connectivity index (χ0v) is 20.8. The Hall–Kier alpha value is -1.49. The van der Waals surface area contributed by atoms with E-state index in [1.54, 1.807) is 34.4 Å². The third-order valence-electron chi connectivity index (χ3n) is 4.35. The predicted octanol–water partition coefficient (Wildman–Crippen LogP) is 2.60. The van der Waals surface area contributed by atoms with Crippen LogP contribution in [-0.4, -0.2) is 66.9 Å². The number of carbonyl (C=O) groups excluding carboxylic acids is 1. The predicted molar refractivity (Wildman–Crippen MR) is 123 cm³/mol. The molecule has 1 atom stereocenters. The molecule has 0 aliphatic carbocycles. The molecule has 0 spiro atoms. The third kappa shape index (κ3) is 6.50. The topological polar surface area (TPSA) is 148 Å². The maximum Gasteiger partial charge on any atom is 0.346 e. The van der Waals surface area contributed by atoms with Crippen molar-refractivity contribution in [3.05, 3.63) is 40.5 Å². The molecule has 1 unspecified atom stereocenters. The number of aromatic nitrogens is 2. The lowest BCUT2D eigenvalue weighted by Gasteiger charge is -2.33. The van der Waals surface area contributed by atoms with Crippen molar-refractivity contribution in [2.75, 3.05) is 46.7 Å². The minimum atomic E-state index is -3.89. The van der Waals surface area contributed by atoms with Gasteiger partial charge in [0.05, 0.1) is 0 Å². The van der Waals surface area contributed by atoms with E-state index in [0.717, 1.165) is 17.2 Å². The number of hydrogen-bond donors (Lipinski definition) is 2. The van der Waals surface area contributed by atoms with Gasteiger partial charge in [0.1, 0.15) is 16.5 Å². The fraction of sp³-hybridized carbons (Fsp3) is 0.471. The van der Waals surface area contributed by atoms with Gasteiger partial charge >= 0.3 is 7.67 Å². The summed E-state index contributed by atoms with van der Waals surface area (Å²) in [5.41, 5.74) is 11.6. The summed E-state index contributed by atoms with van der Waals surface area (Å²) >= 11 is 1.03. The van der Waals surface area contributed by atoms with Crippen LogP contribution < -0.4 is 15.9 Å². The van der Waals surface area contributed by atoms with Crippen molar-refractivity contribution >= 4 is 38.1 Å². The van der Waals surface area contributed by atoms with Gasteiger partial charge in [-0.3, -0.25) is 29.5 Å². The van der Waals surface area contributed by atoms with Crippen molar-refractivity contribution in [3.8, 4) is 0 Å². The van der Waals surface area contributed by atoms with E-state index in [1.165, 1.54) is 14.7 Å². The van der Waals surface area contributed by atoms with Crippen LogP contribution in [0.25, 0.3) is 0 Å². The lowest BCUT2D eigenvalue weighted by molar-refractivity contribution is 0.0980. The quantitative estimate of drug-likeness (QED) is 0.354. The summed E-state index contributed by atoms with van der Waals surface area (Å²) in [7, 11) is 0.637. The summed E-state index contributed by atoms with van der Waals surface area (Å²) in [6.45, 7) is 0.436. The first kappa shape index (κ1) is 25.8. The Morgan fingerprint density at radius 3 is 2.32 bits per heavy atom. The van der Waals surface area contributed by atoms with E-state index < -0.39 is 21.0 Å². The Labute approximate surface area is 186 Å². The van der Waals surface area contributed by atoms with Crippen molar-refractivity contribution < 1.29 is 18.4 Å². The molecule has 0 bridgehead atoms. The van der Waals surface area contributed by atoms with E-state index >= 15 is 0 Å². The van der Waals surface area contributed by atoms with Crippen molar-refractivity contribution in [1.82, 2.24) is 19.3 Å². The Bertz CT molecular complexity index is 968. The molecule has 4 N–H and O–H groups in total. The van der Waals surface area contributed by atoms with E-state index in [0.29, 0.717) is 6.54 Å². The zero-order chi connectivity index (χ0) is 23.4. The largest absolute Gasteiger partial charge is 0.359 e. The first-order valence-electron chi connectivity index (χ1n) is 9.28. The fourth-order valence-electron chi connectivity index (χ4n) is 2.59. The molecule has 31 heavy (non-hydrogen) atoms. The number of thiazole rings is 1. The number of anilines is 1. The van der Waals surface area contributed by atoms with Crippen LogP contribution >= 0.6 is 26.5 Å². The summed E-state index contributed by atoms with van der Waals surface area (Å²) in [4.78, 5) is 23.0. The van der Waals surface area contributed by atoms with Crippen LogP contribution in [-0.2, 0) is 13.7 Å². The molecule has 2 aromatic rings. The molecule has 172 valence electrons. The van der Waals surface area contributed by atoms with Crippen LogP contribution in [0.4, 0.5) is 5.82 Å². The van der Waals surface area contributed by atoms with Gasteiger partial charge in [0.15, 0.2) is 11.6 Å². The van der Waals surface area contributed by atoms with Crippen LogP contribution in [0.1, 0.15) is 27.8 Å². The summed E-state index contributed by atoms with van der Waals surface area (Å²) < 4.78 is 34.1. The number of Topliss-reactive ketones (excluding diaryl/α,β-unsaturated/α-hetero) is 1. The number of pyridine rings is 1. The maximum atomic E-state index is 13.2. The molecular weight excluding hydrogens is 460 g/mol. The minimum Gasteiger partial charge on any atom is -0.359 e. The van der Waals surface area contributed by atoms with E-state index in [1.807, 2.05) is 30.1 Å². The molecule has 0 fully saturated rings. The van der Waals surface area contributed by atoms with Gasteiger partial charge in [-0.1, -0.05) is 6.07 Å². The summed E-state index contributed by atoms with van der Waals surface area (Å²) in [6.07, 6.45) is 1.87. The minimum absolute atomic E-state index is 0.138. The number of rotatable bonds is 11. The van der Waals surface area contributed by atoms with Crippen LogP contribution in [0.2, 0.25) is 0 Å². The Kier molecular flexibility index (Phi) is 8.66. The summed E-state index contributed by atoms with van der Waals surface area (Å²) in [5.74, 6) is -0.875. The number of nitrogens with two attached hydrogens (primary N) is 2. The molecular formula is C17H29N7O4P2S. The normalized spacial score (nSPS) is 13.6. The van der Waals surface area contributed by atoms with Crippen molar-refractivity contribution in [2.24, 2.45) is 11.0 Å². The smallest absolute Gasteiger partial charge is 0.346 e. The monoisotopic (exact) mass is 489 g/mol. The van der Waals surface area contributed by atoms with E-state index in [-0.39, 0.29) is 22.9 Å². The van der Waals surface area contributed by atoms with E-state index in [9.17, 15) is 13.9 Å². The van der Waals surface area contributed by atoms with Crippen LogP contribution in [0.3, 0.4) is 0 Å². The molecule has 11 nitrogen and oxygen atoms in total. The number of carbonyl (C=O) groups is 1. The number of ketones is 1. The number of nitrogens with zero attached hydrogens (tertiary/aromatic N) is 5. The second-order valence-electron chi connectivity index (χ2n) is 7.26. The molecule has 2 heterocycles. The molecule has 0 amide bonds. The lowest BCUT2D eigenvalue weighted by Crippen LogP contribution is -2.26. The first-order chi connectivity index (χ1) is 14.4. The standard InChI is InChI=1S/C17H29N7O4P2S/c1-22(2)30(27,23(3)4)28-17(29(18,19)26)16-21-13(12-31-16)14(25)9-11-24(5)15-8-6-7-10-20-15/h6-8,10,12,17H,9,11H2,1-5H3,(H4,18,19,26). The lowest BCUT2D eigenvalue weighted by atomic mass is 10.2. The van der Waals surface area contributed by atoms with Crippen molar-refractivity contribution in [1.29, 1.82) is 0 Å². The highest BCUT2D eigenvalue weighted by Crippen LogP contribution is 2.61. The molecule has 0 aliphatic rings. The van der Waals surface area contributed by atoms with Gasteiger partial charge in [-0.25, -0.2) is 19.3 Å². The Morgan fingerprint density at radius 2 is 1.81 bits per heavy atom. The highest BCUT2D eigenvalue weighted by molar-refractivity contribution is 7.61. The highest BCUT2D eigenvalue weighted by atomic mass is 32.1. The Morgan fingerprint density at radius 1 is 1.16 bits per heavy atom. The van der Waals surface area contributed by atoms with Crippen LogP contribution in [0.5, 0.6) is 0 Å². The first-order valence-corrected chi connectivity index (χ1v) is 13.6. The van der Waals surface area contributed by atoms with Gasteiger partial charge in [0.2, 0.25) is 7.44 Å². The Balaban J connectivity index is 2.17.